The maximum atomic E-state index is 11.3. The minimum atomic E-state index is -7.10. The predicted octanol–water partition coefficient (Wildman–Crippen LogP) is 6.19. The van der Waals surface area contributed by atoms with Crippen LogP contribution < -0.4 is 0 Å². The van der Waals surface area contributed by atoms with Crippen molar-refractivity contribution < 1.29 is 65.7 Å². The van der Waals surface area contributed by atoms with E-state index in [2.05, 4.69) is 0 Å². The van der Waals surface area contributed by atoms with Crippen LogP contribution in [0.1, 0.15) is 0 Å². The van der Waals surface area contributed by atoms with Gasteiger partial charge in [0.15, 0.2) is 0 Å². The van der Waals surface area contributed by atoms with Gasteiger partial charge < -0.3 is 17.2 Å². The van der Waals surface area contributed by atoms with Gasteiger partial charge in [0, 0.05) is 0 Å². The summed E-state index contributed by atoms with van der Waals surface area (Å²) in [6.07, 6.45) is 0. The molecule has 0 amide bonds. The number of nitrogens with one attached hydrogen (secondary N) is 3. The summed E-state index contributed by atoms with van der Waals surface area (Å²) >= 11 is -7.10. The molecule has 147 valence electrons. The minimum Gasteiger partial charge on any atom is -0.214 e. The standard InChI is InChI=1S/C5H5.C3F9Ge.3CH4N.Zr/c1-2-4-5-3-1;4-1(5,6)13(2(7,8)9)3(10,11)12;3*1-2;/h1-5H;;3*2H,1H3;/q-1;;3*-1;+4. The Bertz CT molecular complexity index is 290. The summed E-state index contributed by atoms with van der Waals surface area (Å²) in [6.45, 7) is 0. The van der Waals surface area contributed by atoms with Crippen molar-refractivity contribution in [3.05, 3.63) is 47.5 Å². The van der Waals surface area contributed by atoms with Crippen LogP contribution in [0, 0.1) is 0 Å². The summed E-state index contributed by atoms with van der Waals surface area (Å²) in [7, 11) is 3.75. The first kappa shape index (κ1) is 36.0. The first-order valence-corrected chi connectivity index (χ1v) is 8.76. The zero-order chi connectivity index (χ0) is 20.6. The average molecular weight is 526 g/mol. The molecule has 0 atom stereocenters. The van der Waals surface area contributed by atoms with Gasteiger partial charge in [-0.15, -0.1) is 0 Å². The Morgan fingerprint density at radius 3 is 0.840 bits per heavy atom. The SMILES string of the molecule is C[NH-].C[NH-].C[NH-].F[C](F)(F)[Ge]([C](F)(F)F)[C](F)(F)F.[Zr+4].c1cc[cH-]c1. The number of hydrogen-bond acceptors (Lipinski definition) is 0. The number of hydrogen-bond donors (Lipinski definition) is 0. The van der Waals surface area contributed by atoms with Crippen LogP contribution in [-0.4, -0.2) is 50.5 Å². The zero-order valence-corrected chi connectivity index (χ0v) is 17.8. The molecule has 0 fully saturated rings. The maximum Gasteiger partial charge on any atom is 4.00 e. The molecule has 0 aliphatic rings. The molecule has 3 nitrogen and oxygen atoms in total. The predicted molar refractivity (Wildman–Crippen MR) is 76.7 cm³/mol. The molecule has 0 heterocycles. The minimum absolute atomic E-state index is 0. The van der Waals surface area contributed by atoms with Crippen LogP contribution in [0.3, 0.4) is 0 Å². The molecule has 1 radical (unpaired) electrons. The molecule has 0 aliphatic carbocycles. The van der Waals surface area contributed by atoms with Gasteiger partial charge in [0.1, 0.15) is 0 Å². The van der Waals surface area contributed by atoms with E-state index in [4.69, 9.17) is 17.2 Å². The van der Waals surface area contributed by atoms with E-state index in [1.165, 1.54) is 21.1 Å². The van der Waals surface area contributed by atoms with Crippen molar-refractivity contribution in [2.45, 2.75) is 15.0 Å². The van der Waals surface area contributed by atoms with Gasteiger partial charge in [-0.3, -0.25) is 0 Å². The van der Waals surface area contributed by atoms with Crippen LogP contribution in [-0.2, 0) is 26.2 Å². The number of rotatable bonds is 0. The Morgan fingerprint density at radius 2 is 0.800 bits per heavy atom. The van der Waals surface area contributed by atoms with Crippen LogP contribution in [0.2, 0.25) is 0 Å². The Hall–Kier alpha value is 0.0260. The summed E-state index contributed by atoms with van der Waals surface area (Å²) in [6, 6.07) is 10.0. The molecule has 0 spiro atoms. The van der Waals surface area contributed by atoms with Crippen molar-refractivity contribution in [2.75, 3.05) is 21.1 Å². The first-order chi connectivity index (χ1) is 10.9. The third kappa shape index (κ3) is 22.0. The summed E-state index contributed by atoms with van der Waals surface area (Å²) in [5, 5.41) is -18.6. The third-order valence-electron chi connectivity index (χ3n) is 1.41. The Balaban J connectivity index is -0.0000000920. The van der Waals surface area contributed by atoms with E-state index < -0.39 is 29.4 Å². The average Bonchev–Trinajstić information content (AvgIpc) is 2.99. The molecular weight excluding hydrogens is 509 g/mol. The van der Waals surface area contributed by atoms with Gasteiger partial charge in [-0.25, -0.2) is 12.1 Å². The molecule has 0 aliphatic heterocycles. The normalized spacial score (nSPS) is 10.2. The van der Waals surface area contributed by atoms with Crippen molar-refractivity contribution in [1.82, 2.24) is 0 Å². The van der Waals surface area contributed by atoms with Gasteiger partial charge in [0.2, 0.25) is 0 Å². The van der Waals surface area contributed by atoms with Crippen molar-refractivity contribution in [1.29, 1.82) is 0 Å². The van der Waals surface area contributed by atoms with Gasteiger partial charge in [-0.2, -0.15) is 39.3 Å². The van der Waals surface area contributed by atoms with E-state index >= 15 is 0 Å². The maximum absolute atomic E-state index is 11.3. The van der Waals surface area contributed by atoms with E-state index in [0.29, 0.717) is 0 Å². The van der Waals surface area contributed by atoms with Gasteiger partial charge in [-0.1, -0.05) is 0 Å². The van der Waals surface area contributed by atoms with E-state index in [0.717, 1.165) is 0 Å². The van der Waals surface area contributed by atoms with E-state index in [1.54, 1.807) is 0 Å². The van der Waals surface area contributed by atoms with Crippen molar-refractivity contribution in [3.63, 3.8) is 0 Å². The fraction of sp³-hybridized carbons (Fsp3) is 0.545. The van der Waals surface area contributed by atoms with Gasteiger partial charge in [0.25, 0.3) is 0 Å². The molecule has 14 heteroatoms. The van der Waals surface area contributed by atoms with Crippen LogP contribution >= 0.6 is 0 Å². The van der Waals surface area contributed by atoms with E-state index in [1.807, 2.05) is 30.3 Å². The molecule has 3 N–H and O–H groups in total. The molecule has 0 bridgehead atoms. The molecule has 0 saturated carbocycles. The smallest absolute Gasteiger partial charge is 0.214 e. The monoisotopic (exact) mass is 526 g/mol. The molecule has 0 saturated heterocycles. The quantitative estimate of drug-likeness (QED) is 0.220. The van der Waals surface area contributed by atoms with Crippen molar-refractivity contribution in [3.8, 4) is 0 Å². The third-order valence-corrected chi connectivity index (χ3v) is 4.97. The first-order valence-electron chi connectivity index (χ1n) is 5.62. The van der Waals surface area contributed by atoms with Crippen molar-refractivity contribution >= 4 is 14.3 Å². The molecular formula is C11H17F9GeN3Zr. The molecule has 1 aromatic rings. The fourth-order valence-corrected chi connectivity index (χ4v) is 2.83. The molecule has 0 unspecified atom stereocenters. The second-order valence-electron chi connectivity index (χ2n) is 2.83. The molecule has 25 heavy (non-hydrogen) atoms. The Kier molecular flexibility index (Phi) is 27.1. The Labute approximate surface area is 163 Å². The topological polar surface area (TPSA) is 71.4 Å². The second-order valence-corrected chi connectivity index (χ2v) is 7.97. The van der Waals surface area contributed by atoms with Gasteiger partial charge in [0.05, 0.1) is 0 Å². The van der Waals surface area contributed by atoms with Crippen molar-refractivity contribution in [2.24, 2.45) is 0 Å². The van der Waals surface area contributed by atoms with Crippen LogP contribution in [0.15, 0.2) is 30.3 Å². The number of halogens is 9. The largest absolute Gasteiger partial charge is 4.00 e. The summed E-state index contributed by atoms with van der Waals surface area (Å²) in [4.78, 5) is 0. The van der Waals surface area contributed by atoms with Gasteiger partial charge in [-0.05, 0) is 0 Å². The van der Waals surface area contributed by atoms with Crippen LogP contribution in [0.25, 0.3) is 17.2 Å². The second kappa shape index (κ2) is 18.8. The molecule has 0 aromatic heterocycles. The summed E-state index contributed by atoms with van der Waals surface area (Å²) in [5.41, 5.74) is 17.2. The molecule has 1 aromatic carbocycles. The summed E-state index contributed by atoms with van der Waals surface area (Å²) in [5.74, 6) is 0. The van der Waals surface area contributed by atoms with Crippen LogP contribution in [0.5, 0.6) is 0 Å². The zero-order valence-electron chi connectivity index (χ0n) is 13.3. The van der Waals surface area contributed by atoms with E-state index in [9.17, 15) is 39.5 Å². The fourth-order valence-electron chi connectivity index (χ4n) is 0.803. The van der Waals surface area contributed by atoms with Crippen LogP contribution in [0.4, 0.5) is 39.5 Å². The summed E-state index contributed by atoms with van der Waals surface area (Å²) < 4.78 is 102. The Morgan fingerprint density at radius 1 is 0.600 bits per heavy atom. The number of alkyl halides is 9. The molecule has 1 rings (SSSR count). The van der Waals surface area contributed by atoms with E-state index in [-0.39, 0.29) is 26.2 Å². The van der Waals surface area contributed by atoms with Gasteiger partial charge >= 0.3 is 95.1 Å².